The van der Waals surface area contributed by atoms with Crippen LogP contribution in [0.3, 0.4) is 0 Å². The summed E-state index contributed by atoms with van der Waals surface area (Å²) in [5.41, 5.74) is 1.33. The van der Waals surface area contributed by atoms with Gasteiger partial charge in [0.25, 0.3) is 0 Å². The van der Waals surface area contributed by atoms with Crippen molar-refractivity contribution >= 4 is 23.6 Å². The molecule has 0 fully saturated rings. The second-order valence-electron chi connectivity index (χ2n) is 4.61. The molecule has 0 spiro atoms. The van der Waals surface area contributed by atoms with Crippen LogP contribution in [-0.2, 0) is 9.47 Å². The van der Waals surface area contributed by atoms with E-state index >= 15 is 0 Å². The number of hydrogen-bond acceptors (Lipinski definition) is 4. The highest BCUT2D eigenvalue weighted by atomic mass is 16.6. The number of anilines is 2. The molecule has 134 valence electrons. The number of carbonyl (C=O) groups excluding carboxylic acids is 2. The quantitative estimate of drug-likeness (QED) is 0.731. The predicted molar refractivity (Wildman–Crippen MR) is 98.8 cm³/mol. The third kappa shape index (κ3) is 9.00. The number of carbonyl (C=O) groups is 2. The first-order chi connectivity index (χ1) is 12.2. The van der Waals surface area contributed by atoms with Crippen molar-refractivity contribution in [3.8, 4) is 0 Å². The summed E-state index contributed by atoms with van der Waals surface area (Å²) in [5, 5.41) is 5.19. The minimum Gasteiger partial charge on any atom is -0.449 e. The molecule has 0 radical (unpaired) electrons. The van der Waals surface area contributed by atoms with Gasteiger partial charge in [-0.25, -0.2) is 9.59 Å². The van der Waals surface area contributed by atoms with Crippen LogP contribution >= 0.6 is 0 Å². The molecule has 0 saturated carbocycles. The Balaban J connectivity index is 0.00000151. The van der Waals surface area contributed by atoms with E-state index in [-0.39, 0.29) is 13.2 Å². The Morgan fingerprint density at radius 1 is 0.720 bits per heavy atom. The van der Waals surface area contributed by atoms with E-state index in [1.807, 2.05) is 50.2 Å². The van der Waals surface area contributed by atoms with Crippen molar-refractivity contribution in [3.05, 3.63) is 60.7 Å². The van der Waals surface area contributed by atoms with Crippen molar-refractivity contribution in [1.29, 1.82) is 0 Å². The molecule has 0 aliphatic carbocycles. The summed E-state index contributed by atoms with van der Waals surface area (Å²) in [6.07, 6.45) is -0.653. The average molecular weight is 344 g/mol. The molecule has 25 heavy (non-hydrogen) atoms. The van der Waals surface area contributed by atoms with Gasteiger partial charge in [-0.3, -0.25) is 10.6 Å². The molecule has 2 N–H and O–H groups in total. The molecule has 6 heteroatoms. The van der Waals surface area contributed by atoms with Crippen LogP contribution in [-0.4, -0.2) is 25.4 Å². The zero-order valence-electron chi connectivity index (χ0n) is 14.5. The Hall–Kier alpha value is -3.02. The minimum atomic E-state index is -0.537. The molecule has 6 nitrogen and oxygen atoms in total. The van der Waals surface area contributed by atoms with Gasteiger partial charge in [-0.1, -0.05) is 50.2 Å². The van der Waals surface area contributed by atoms with E-state index in [0.29, 0.717) is 17.8 Å². The number of benzene rings is 2. The molecule has 0 aliphatic rings. The standard InChI is InChI=1S/C17H18N2O4.C2H6/c20-16(18-14-8-3-1-4-9-14)22-12-7-13-23-17(21)19-15-10-5-2-6-11-15;1-2/h1-6,8-11H,7,12-13H2,(H,18,20)(H,19,21);1-2H3. The van der Waals surface area contributed by atoms with E-state index in [1.54, 1.807) is 24.3 Å². The third-order valence-corrected chi connectivity index (χ3v) is 2.80. The van der Waals surface area contributed by atoms with E-state index in [0.717, 1.165) is 0 Å². The molecule has 0 unspecified atom stereocenters. The van der Waals surface area contributed by atoms with Crippen LogP contribution in [0.15, 0.2) is 60.7 Å². The first-order valence-corrected chi connectivity index (χ1v) is 8.22. The van der Waals surface area contributed by atoms with Crippen molar-refractivity contribution in [3.63, 3.8) is 0 Å². The Kier molecular flexibility index (Phi) is 9.94. The zero-order valence-corrected chi connectivity index (χ0v) is 14.5. The van der Waals surface area contributed by atoms with Gasteiger partial charge in [0.05, 0.1) is 13.2 Å². The van der Waals surface area contributed by atoms with Crippen LogP contribution in [0.4, 0.5) is 21.0 Å². The largest absolute Gasteiger partial charge is 0.449 e. The van der Waals surface area contributed by atoms with Crippen molar-refractivity contribution in [2.24, 2.45) is 0 Å². The van der Waals surface area contributed by atoms with Crippen LogP contribution in [0.2, 0.25) is 0 Å². The van der Waals surface area contributed by atoms with Crippen molar-refractivity contribution in [1.82, 2.24) is 0 Å². The lowest BCUT2D eigenvalue weighted by Crippen LogP contribution is -2.17. The average Bonchev–Trinajstić information content (AvgIpc) is 2.65. The third-order valence-electron chi connectivity index (χ3n) is 2.80. The highest BCUT2D eigenvalue weighted by molar-refractivity contribution is 5.85. The zero-order chi connectivity index (χ0) is 18.3. The first kappa shape index (κ1) is 20.0. The smallest absolute Gasteiger partial charge is 0.411 e. The number of rotatable bonds is 6. The summed E-state index contributed by atoms with van der Waals surface area (Å²) in [6.45, 7) is 4.33. The fourth-order valence-corrected chi connectivity index (χ4v) is 1.74. The van der Waals surface area contributed by atoms with Gasteiger partial charge in [-0.05, 0) is 24.3 Å². The van der Waals surface area contributed by atoms with Crippen LogP contribution in [0.1, 0.15) is 20.3 Å². The molecule has 0 bridgehead atoms. The Morgan fingerprint density at radius 3 is 1.44 bits per heavy atom. The van der Waals surface area contributed by atoms with Gasteiger partial charge < -0.3 is 9.47 Å². The van der Waals surface area contributed by atoms with E-state index in [1.165, 1.54) is 0 Å². The van der Waals surface area contributed by atoms with Gasteiger partial charge in [0.2, 0.25) is 0 Å². The maximum atomic E-state index is 11.5. The first-order valence-electron chi connectivity index (χ1n) is 8.22. The molecule has 0 atom stereocenters. The lowest BCUT2D eigenvalue weighted by molar-refractivity contribution is 0.133. The predicted octanol–water partition coefficient (Wildman–Crippen LogP) is 4.90. The molecular formula is C19H24N2O4. The summed E-state index contributed by atoms with van der Waals surface area (Å²) in [5.74, 6) is 0. The number of ether oxygens (including phenoxy) is 2. The maximum Gasteiger partial charge on any atom is 0.411 e. The highest BCUT2D eigenvalue weighted by Crippen LogP contribution is 2.06. The Labute approximate surface area is 148 Å². The number of nitrogens with one attached hydrogen (secondary N) is 2. The van der Waals surface area contributed by atoms with Crippen LogP contribution < -0.4 is 10.6 Å². The van der Waals surface area contributed by atoms with Crippen LogP contribution in [0.5, 0.6) is 0 Å². The fourth-order valence-electron chi connectivity index (χ4n) is 1.74. The summed E-state index contributed by atoms with van der Waals surface area (Å²) in [7, 11) is 0. The lowest BCUT2D eigenvalue weighted by Gasteiger charge is -2.08. The Bertz CT molecular complexity index is 562. The molecule has 2 amide bonds. The summed E-state index contributed by atoms with van der Waals surface area (Å²) in [4.78, 5) is 23.0. The summed E-state index contributed by atoms with van der Waals surface area (Å²) in [6, 6.07) is 18.0. The fraction of sp³-hybridized carbons (Fsp3) is 0.263. The Morgan fingerprint density at radius 2 is 1.08 bits per heavy atom. The molecule has 2 aromatic rings. The normalized spacial score (nSPS) is 9.20. The maximum absolute atomic E-state index is 11.5. The van der Waals surface area contributed by atoms with Gasteiger partial charge in [-0.2, -0.15) is 0 Å². The second-order valence-corrected chi connectivity index (χ2v) is 4.61. The summed E-state index contributed by atoms with van der Waals surface area (Å²) >= 11 is 0. The lowest BCUT2D eigenvalue weighted by atomic mass is 10.3. The number of hydrogen-bond donors (Lipinski definition) is 2. The van der Waals surface area contributed by atoms with Crippen molar-refractivity contribution in [2.75, 3.05) is 23.8 Å². The minimum absolute atomic E-state index is 0.164. The van der Waals surface area contributed by atoms with Gasteiger partial charge in [0.15, 0.2) is 0 Å². The molecule has 0 heterocycles. The molecular weight excluding hydrogens is 320 g/mol. The van der Waals surface area contributed by atoms with E-state index in [9.17, 15) is 9.59 Å². The van der Waals surface area contributed by atoms with Gasteiger partial charge in [0, 0.05) is 17.8 Å². The number of para-hydroxylation sites is 2. The molecule has 0 saturated heterocycles. The monoisotopic (exact) mass is 344 g/mol. The SMILES string of the molecule is CC.O=C(Nc1ccccc1)OCCCOC(=O)Nc1ccccc1. The van der Waals surface area contributed by atoms with Crippen LogP contribution in [0.25, 0.3) is 0 Å². The topological polar surface area (TPSA) is 76.7 Å². The van der Waals surface area contributed by atoms with Crippen molar-refractivity contribution < 1.29 is 19.1 Å². The van der Waals surface area contributed by atoms with Crippen LogP contribution in [0, 0.1) is 0 Å². The highest BCUT2D eigenvalue weighted by Gasteiger charge is 2.04. The number of amides is 2. The summed E-state index contributed by atoms with van der Waals surface area (Å²) < 4.78 is 9.97. The van der Waals surface area contributed by atoms with Gasteiger partial charge in [-0.15, -0.1) is 0 Å². The molecule has 0 aromatic heterocycles. The van der Waals surface area contributed by atoms with Crippen molar-refractivity contribution in [2.45, 2.75) is 20.3 Å². The van der Waals surface area contributed by atoms with Gasteiger partial charge in [0.1, 0.15) is 0 Å². The second kappa shape index (κ2) is 12.4. The molecule has 2 rings (SSSR count). The molecule has 0 aliphatic heterocycles. The molecule has 2 aromatic carbocycles. The van der Waals surface area contributed by atoms with E-state index in [4.69, 9.17) is 9.47 Å². The van der Waals surface area contributed by atoms with E-state index < -0.39 is 12.2 Å². The van der Waals surface area contributed by atoms with E-state index in [2.05, 4.69) is 10.6 Å². The van der Waals surface area contributed by atoms with Gasteiger partial charge >= 0.3 is 12.2 Å².